The number of nitrogens with zero attached hydrogens (tertiary/aromatic N) is 4. The first-order valence-electron chi connectivity index (χ1n) is 7.61. The molecular formula is C16H18N6O3S. The maximum absolute atomic E-state index is 5.42. The highest BCUT2D eigenvalue weighted by molar-refractivity contribution is 7.71. The topological polar surface area (TPSA) is 102 Å². The van der Waals surface area contributed by atoms with Crippen LogP contribution in [0.1, 0.15) is 11.3 Å². The van der Waals surface area contributed by atoms with E-state index in [9.17, 15) is 0 Å². The molecule has 0 fully saturated rings. The smallest absolute Gasteiger partial charge is 0.216 e. The van der Waals surface area contributed by atoms with Gasteiger partial charge < -0.3 is 14.2 Å². The monoisotopic (exact) mass is 374 g/mol. The van der Waals surface area contributed by atoms with Crippen LogP contribution in [0.25, 0.3) is 11.5 Å². The second-order valence-electron chi connectivity index (χ2n) is 5.29. The number of nitrogens with one attached hydrogen (secondary N) is 2. The van der Waals surface area contributed by atoms with Crippen molar-refractivity contribution < 1.29 is 14.2 Å². The van der Waals surface area contributed by atoms with E-state index in [1.807, 2.05) is 13.0 Å². The molecule has 0 amide bonds. The lowest BCUT2D eigenvalue weighted by molar-refractivity contribution is 0.374. The number of H-pyrrole nitrogens is 2. The number of rotatable bonds is 6. The Morgan fingerprint density at radius 2 is 1.73 bits per heavy atom. The zero-order chi connectivity index (χ0) is 18.7. The van der Waals surface area contributed by atoms with Crippen molar-refractivity contribution in [3.05, 3.63) is 34.2 Å². The van der Waals surface area contributed by atoms with Crippen LogP contribution in [0, 0.1) is 11.7 Å². The van der Waals surface area contributed by atoms with E-state index in [1.54, 1.807) is 39.7 Å². The predicted molar refractivity (Wildman–Crippen MR) is 98.8 cm³/mol. The van der Waals surface area contributed by atoms with Crippen molar-refractivity contribution in [2.45, 2.75) is 6.92 Å². The molecule has 0 radical (unpaired) electrons. The van der Waals surface area contributed by atoms with Gasteiger partial charge in [-0.05, 0) is 25.2 Å². The Balaban J connectivity index is 2.07. The lowest BCUT2D eigenvalue weighted by Crippen LogP contribution is -2.00. The maximum Gasteiger partial charge on any atom is 0.216 e. The number of benzene rings is 1. The molecule has 26 heavy (non-hydrogen) atoms. The van der Waals surface area contributed by atoms with Crippen molar-refractivity contribution in [3.63, 3.8) is 0 Å². The maximum atomic E-state index is 5.42. The highest BCUT2D eigenvalue weighted by atomic mass is 32.1. The van der Waals surface area contributed by atoms with Crippen LogP contribution in [0.5, 0.6) is 17.2 Å². The molecule has 0 aliphatic carbocycles. The molecule has 0 saturated carbocycles. The van der Waals surface area contributed by atoms with E-state index >= 15 is 0 Å². The Bertz CT molecular complexity index is 979. The number of aryl methyl sites for hydroxylation is 1. The van der Waals surface area contributed by atoms with Crippen LogP contribution in [-0.2, 0) is 0 Å². The SMILES string of the molecule is COc1cc(OC)c(/C=N\n2c(-c3cc(C)[nH]n3)n[nH]c2=S)c(OC)c1. The fraction of sp³-hybridized carbons (Fsp3) is 0.250. The van der Waals surface area contributed by atoms with Crippen LogP contribution < -0.4 is 14.2 Å². The zero-order valence-electron chi connectivity index (χ0n) is 14.7. The summed E-state index contributed by atoms with van der Waals surface area (Å²) in [5, 5.41) is 18.4. The third-order valence-electron chi connectivity index (χ3n) is 3.64. The highest BCUT2D eigenvalue weighted by Gasteiger charge is 2.14. The lowest BCUT2D eigenvalue weighted by Gasteiger charge is -2.12. The van der Waals surface area contributed by atoms with Crippen molar-refractivity contribution in [2.24, 2.45) is 5.10 Å². The molecule has 1 aromatic carbocycles. The third kappa shape index (κ3) is 3.31. The summed E-state index contributed by atoms with van der Waals surface area (Å²) in [6.45, 7) is 1.90. The van der Waals surface area contributed by atoms with Crippen molar-refractivity contribution in [3.8, 4) is 28.8 Å². The number of hydrogen-bond donors (Lipinski definition) is 2. The summed E-state index contributed by atoms with van der Waals surface area (Å²) in [6.07, 6.45) is 1.59. The standard InChI is InChI=1S/C16H18N6O3S/c1-9-5-12(19-18-9)15-20-21-16(26)22(15)17-8-11-13(24-3)6-10(23-2)7-14(11)25-4/h5-8H,1-4H3,(H,18,19)(H,21,26)/b17-8-. The molecule has 10 heteroatoms. The summed E-state index contributed by atoms with van der Waals surface area (Å²) >= 11 is 5.27. The van der Waals surface area contributed by atoms with Gasteiger partial charge in [-0.15, -0.1) is 0 Å². The van der Waals surface area contributed by atoms with Crippen molar-refractivity contribution in [2.75, 3.05) is 21.3 Å². The van der Waals surface area contributed by atoms with E-state index in [2.05, 4.69) is 25.5 Å². The van der Waals surface area contributed by atoms with Gasteiger partial charge in [0.2, 0.25) is 10.6 Å². The molecule has 0 aliphatic rings. The number of methoxy groups -OCH3 is 3. The molecule has 0 saturated heterocycles. The average Bonchev–Trinajstić information content (AvgIpc) is 3.24. The minimum Gasteiger partial charge on any atom is -0.496 e. The van der Waals surface area contributed by atoms with E-state index in [4.69, 9.17) is 26.4 Å². The molecule has 0 unspecified atom stereocenters. The molecule has 3 aromatic rings. The minimum absolute atomic E-state index is 0.336. The number of ether oxygens (including phenoxy) is 3. The average molecular weight is 374 g/mol. The second kappa shape index (κ2) is 7.40. The van der Waals surface area contributed by atoms with Gasteiger partial charge >= 0.3 is 0 Å². The van der Waals surface area contributed by atoms with E-state index in [1.165, 1.54) is 4.68 Å². The van der Waals surface area contributed by atoms with Gasteiger partial charge in [-0.25, -0.2) is 5.10 Å². The van der Waals surface area contributed by atoms with E-state index in [-0.39, 0.29) is 0 Å². The molecule has 3 rings (SSSR count). The van der Waals surface area contributed by atoms with Gasteiger partial charge in [0.25, 0.3) is 0 Å². The van der Waals surface area contributed by atoms with E-state index < -0.39 is 0 Å². The van der Waals surface area contributed by atoms with Crippen LogP contribution in [0.15, 0.2) is 23.3 Å². The van der Waals surface area contributed by atoms with Crippen molar-refractivity contribution in [1.82, 2.24) is 25.1 Å². The second-order valence-corrected chi connectivity index (χ2v) is 5.68. The number of aromatic nitrogens is 5. The first-order chi connectivity index (χ1) is 12.6. The Morgan fingerprint density at radius 3 is 2.27 bits per heavy atom. The molecule has 2 heterocycles. The molecule has 9 nitrogen and oxygen atoms in total. The van der Waals surface area contributed by atoms with Crippen molar-refractivity contribution in [1.29, 1.82) is 0 Å². The molecule has 0 atom stereocenters. The van der Waals surface area contributed by atoms with Gasteiger partial charge in [-0.1, -0.05) is 0 Å². The summed E-state index contributed by atoms with van der Waals surface area (Å²) in [5.74, 6) is 2.21. The van der Waals surface area contributed by atoms with Crippen LogP contribution >= 0.6 is 12.2 Å². The largest absolute Gasteiger partial charge is 0.496 e. The molecule has 0 bridgehead atoms. The van der Waals surface area contributed by atoms with Crippen LogP contribution in [0.4, 0.5) is 0 Å². The van der Waals surface area contributed by atoms with E-state index in [0.29, 0.717) is 39.1 Å². The molecule has 2 N–H and O–H groups in total. The zero-order valence-corrected chi connectivity index (χ0v) is 15.5. The summed E-state index contributed by atoms with van der Waals surface area (Å²) < 4.78 is 17.9. The van der Waals surface area contributed by atoms with Crippen LogP contribution in [0.3, 0.4) is 0 Å². The van der Waals surface area contributed by atoms with Gasteiger partial charge in [-0.3, -0.25) is 5.10 Å². The summed E-state index contributed by atoms with van der Waals surface area (Å²) in [6, 6.07) is 5.35. The Kier molecular flexibility index (Phi) is 5.03. The lowest BCUT2D eigenvalue weighted by atomic mass is 10.2. The van der Waals surface area contributed by atoms with Gasteiger partial charge in [0.15, 0.2) is 0 Å². The summed E-state index contributed by atoms with van der Waals surface area (Å²) in [5.41, 5.74) is 2.17. The quantitative estimate of drug-likeness (QED) is 0.508. The Hall–Kier alpha value is -3.14. The predicted octanol–water partition coefficient (Wildman–Crippen LogP) is 2.55. The van der Waals surface area contributed by atoms with E-state index in [0.717, 1.165) is 5.69 Å². The van der Waals surface area contributed by atoms with Gasteiger partial charge in [-0.2, -0.15) is 20.0 Å². The minimum atomic E-state index is 0.336. The molecule has 0 aliphatic heterocycles. The molecule has 0 spiro atoms. The van der Waals surface area contributed by atoms with Crippen LogP contribution in [0.2, 0.25) is 0 Å². The fourth-order valence-electron chi connectivity index (χ4n) is 2.37. The summed E-state index contributed by atoms with van der Waals surface area (Å²) in [7, 11) is 4.70. The molecular weight excluding hydrogens is 356 g/mol. The highest BCUT2D eigenvalue weighted by Crippen LogP contribution is 2.32. The number of hydrogen-bond acceptors (Lipinski definition) is 7. The van der Waals surface area contributed by atoms with Gasteiger partial charge in [0.1, 0.15) is 22.9 Å². The molecule has 2 aromatic heterocycles. The Morgan fingerprint density at radius 1 is 1.04 bits per heavy atom. The molecule has 136 valence electrons. The van der Waals surface area contributed by atoms with Gasteiger partial charge in [0.05, 0.1) is 33.1 Å². The summed E-state index contributed by atoms with van der Waals surface area (Å²) in [4.78, 5) is 0. The normalized spacial score (nSPS) is 11.1. The first-order valence-corrected chi connectivity index (χ1v) is 8.02. The Labute approximate surface area is 154 Å². The van der Waals surface area contributed by atoms with Crippen LogP contribution in [-0.4, -0.2) is 52.6 Å². The first kappa shape index (κ1) is 17.7. The number of aromatic amines is 2. The third-order valence-corrected chi connectivity index (χ3v) is 3.91. The van der Waals surface area contributed by atoms with Gasteiger partial charge in [0, 0.05) is 17.8 Å². The fourth-order valence-corrected chi connectivity index (χ4v) is 2.55. The van der Waals surface area contributed by atoms with Crippen molar-refractivity contribution >= 4 is 18.4 Å².